The Bertz CT molecular complexity index is 698. The van der Waals surface area contributed by atoms with Crippen molar-refractivity contribution in [2.75, 3.05) is 0 Å². The minimum Gasteiger partial charge on any atom is -0.0533 e. The summed E-state index contributed by atoms with van der Waals surface area (Å²) in [6, 6.07) is 0. The van der Waals surface area contributed by atoms with Crippen molar-refractivity contribution in [2.45, 2.75) is 161 Å². The summed E-state index contributed by atoms with van der Waals surface area (Å²) >= 11 is 0. The normalized spacial score (nSPS) is 51.2. The van der Waals surface area contributed by atoms with Gasteiger partial charge in [-0.15, -0.1) is 0 Å². The van der Waals surface area contributed by atoms with Crippen LogP contribution in [0, 0.1) is 71.0 Å². The van der Waals surface area contributed by atoms with Crippen LogP contribution in [-0.4, -0.2) is 0 Å². The molecule has 12 atom stereocenters. The molecule has 0 nitrogen and oxygen atoms in total. The van der Waals surface area contributed by atoms with Crippen molar-refractivity contribution < 1.29 is 0 Å². The van der Waals surface area contributed by atoms with Gasteiger partial charge in [0.1, 0.15) is 0 Å². The molecule has 9 unspecified atom stereocenters. The fraction of sp³-hybridized carbons (Fsp3) is 1.00. The fourth-order valence-electron chi connectivity index (χ4n) is 13.6. The van der Waals surface area contributed by atoms with Crippen LogP contribution in [0.5, 0.6) is 0 Å². The molecule has 0 radical (unpaired) electrons. The second-order valence-corrected chi connectivity index (χ2v) is 16.1. The van der Waals surface area contributed by atoms with Crippen molar-refractivity contribution in [1.29, 1.82) is 0 Å². The third-order valence-corrected chi connectivity index (χ3v) is 14.7. The molecule has 0 amide bonds. The lowest BCUT2D eigenvalue weighted by atomic mass is 9.44. The van der Waals surface area contributed by atoms with Crippen molar-refractivity contribution in [1.82, 2.24) is 0 Å². The molecular formula is C37H62. The molecule has 0 bridgehead atoms. The topological polar surface area (TPSA) is 0 Å². The van der Waals surface area contributed by atoms with Gasteiger partial charge in [0.25, 0.3) is 0 Å². The van der Waals surface area contributed by atoms with Crippen molar-refractivity contribution in [2.24, 2.45) is 71.0 Å². The molecule has 37 heavy (non-hydrogen) atoms. The zero-order valence-electron chi connectivity index (χ0n) is 24.6. The molecule has 7 saturated carbocycles. The molecule has 7 aliphatic rings. The van der Waals surface area contributed by atoms with Crippen LogP contribution in [0.2, 0.25) is 0 Å². The first kappa shape index (κ1) is 25.9. The van der Waals surface area contributed by atoms with Gasteiger partial charge in [-0.3, -0.25) is 0 Å². The van der Waals surface area contributed by atoms with Gasteiger partial charge in [0.2, 0.25) is 0 Å². The van der Waals surface area contributed by atoms with E-state index in [9.17, 15) is 0 Å². The molecule has 0 aliphatic heterocycles. The number of rotatable bonds is 2. The van der Waals surface area contributed by atoms with E-state index in [1.165, 1.54) is 12.8 Å². The van der Waals surface area contributed by atoms with E-state index in [2.05, 4.69) is 0 Å². The monoisotopic (exact) mass is 506 g/mol. The molecule has 0 aromatic rings. The lowest BCUT2D eigenvalue weighted by molar-refractivity contribution is -0.127. The molecule has 0 heteroatoms. The van der Waals surface area contributed by atoms with Gasteiger partial charge in [0, 0.05) is 0 Å². The second kappa shape index (κ2) is 11.9. The highest BCUT2D eigenvalue weighted by Crippen LogP contribution is 2.64. The molecule has 7 aliphatic carbocycles. The Labute approximate surface area is 231 Å². The van der Waals surface area contributed by atoms with Crippen LogP contribution in [-0.2, 0) is 0 Å². The van der Waals surface area contributed by atoms with Crippen LogP contribution in [0.15, 0.2) is 0 Å². The first-order valence-electron chi connectivity index (χ1n) is 18.4. The van der Waals surface area contributed by atoms with E-state index in [0.717, 1.165) is 71.0 Å². The highest BCUT2D eigenvalue weighted by molar-refractivity contribution is 5.05. The summed E-state index contributed by atoms with van der Waals surface area (Å²) in [6.07, 6.45) is 39.9. The molecule has 0 saturated heterocycles. The highest BCUT2D eigenvalue weighted by Gasteiger charge is 2.56. The molecule has 0 aromatic heterocycles. The Morgan fingerprint density at radius 2 is 0.595 bits per heavy atom. The van der Waals surface area contributed by atoms with Gasteiger partial charge in [-0.2, -0.15) is 0 Å². The Morgan fingerprint density at radius 1 is 0.216 bits per heavy atom. The van der Waals surface area contributed by atoms with Gasteiger partial charge in [-0.1, -0.05) is 116 Å². The minimum atomic E-state index is 1.11. The summed E-state index contributed by atoms with van der Waals surface area (Å²) < 4.78 is 0. The van der Waals surface area contributed by atoms with Gasteiger partial charge in [0.15, 0.2) is 0 Å². The van der Waals surface area contributed by atoms with E-state index in [-0.39, 0.29) is 0 Å². The van der Waals surface area contributed by atoms with Crippen LogP contribution in [0.1, 0.15) is 161 Å². The van der Waals surface area contributed by atoms with Gasteiger partial charge in [-0.25, -0.2) is 0 Å². The first-order valence-corrected chi connectivity index (χ1v) is 18.4. The molecule has 0 N–H and O–H groups in total. The van der Waals surface area contributed by atoms with Gasteiger partial charge >= 0.3 is 0 Å². The maximum atomic E-state index is 1.67. The van der Waals surface area contributed by atoms with Crippen LogP contribution < -0.4 is 0 Å². The predicted octanol–water partition coefficient (Wildman–Crippen LogP) is 11.2. The maximum absolute atomic E-state index is 1.67. The van der Waals surface area contributed by atoms with E-state index in [1.54, 1.807) is 148 Å². The highest BCUT2D eigenvalue weighted by atomic mass is 14.6. The van der Waals surface area contributed by atoms with E-state index in [4.69, 9.17) is 0 Å². The van der Waals surface area contributed by atoms with Gasteiger partial charge in [0.05, 0.1) is 0 Å². The number of fused-ring (bicyclic) bond motifs is 4. The average molecular weight is 507 g/mol. The Hall–Kier alpha value is 0. The predicted molar refractivity (Wildman–Crippen MR) is 157 cm³/mol. The van der Waals surface area contributed by atoms with Gasteiger partial charge < -0.3 is 0 Å². The third kappa shape index (κ3) is 5.14. The first-order chi connectivity index (χ1) is 18.4. The van der Waals surface area contributed by atoms with E-state index >= 15 is 0 Å². The second-order valence-electron chi connectivity index (χ2n) is 16.1. The minimum absolute atomic E-state index is 1.11. The Kier molecular flexibility index (Phi) is 8.31. The molecule has 210 valence electrons. The van der Waals surface area contributed by atoms with Crippen LogP contribution in [0.25, 0.3) is 0 Å². The van der Waals surface area contributed by atoms with Gasteiger partial charge in [-0.05, 0) is 116 Å². The SMILES string of the molecule is C1CCCC2CC(C3C4CCCC[C@H]4C(C4CCCC5CCCC[C@@H]54)C4CCCC[C@H]43)CCCC2CC1. The average Bonchev–Trinajstić information content (AvgIpc) is 3.13. The van der Waals surface area contributed by atoms with E-state index in [1.807, 2.05) is 0 Å². The maximum Gasteiger partial charge on any atom is -0.0321 e. The van der Waals surface area contributed by atoms with Crippen molar-refractivity contribution >= 4 is 0 Å². The van der Waals surface area contributed by atoms with Crippen LogP contribution in [0.3, 0.4) is 0 Å². The van der Waals surface area contributed by atoms with Crippen molar-refractivity contribution in [3.63, 3.8) is 0 Å². The number of hydrogen-bond donors (Lipinski definition) is 0. The standard InChI is InChI=1S/C37H62/c1-2-4-15-28-25-29(18-11-16-26(28)13-3-1)36-32-20-7-9-22-34(32)37(35-23-10-8-21-33(35)36)31-24-12-17-27-14-5-6-19-30(27)31/h26-37H,1-25H2/t26?,27?,28?,29?,30-,31?,32+,33?,34?,35+,36?,37?/m0/s1. The fourth-order valence-corrected chi connectivity index (χ4v) is 13.6. The van der Waals surface area contributed by atoms with Crippen molar-refractivity contribution in [3.05, 3.63) is 0 Å². The largest absolute Gasteiger partial charge is 0.0533 e. The molecule has 7 fully saturated rings. The molecule has 0 spiro atoms. The zero-order chi connectivity index (χ0) is 24.6. The van der Waals surface area contributed by atoms with Crippen molar-refractivity contribution in [3.8, 4) is 0 Å². The van der Waals surface area contributed by atoms with Crippen LogP contribution in [0.4, 0.5) is 0 Å². The summed E-state index contributed by atoms with van der Waals surface area (Å²) in [5, 5.41) is 0. The quantitative estimate of drug-likeness (QED) is 0.349. The molecular weight excluding hydrogens is 444 g/mol. The van der Waals surface area contributed by atoms with E-state index < -0.39 is 0 Å². The molecule has 0 aromatic carbocycles. The smallest absolute Gasteiger partial charge is 0.0321 e. The third-order valence-electron chi connectivity index (χ3n) is 14.7. The summed E-state index contributed by atoms with van der Waals surface area (Å²) in [7, 11) is 0. The Balaban J connectivity index is 1.18. The lowest BCUT2D eigenvalue weighted by Gasteiger charge is -2.61. The van der Waals surface area contributed by atoms with E-state index in [0.29, 0.717) is 0 Å². The van der Waals surface area contributed by atoms with Crippen LogP contribution >= 0.6 is 0 Å². The summed E-state index contributed by atoms with van der Waals surface area (Å²) in [5.41, 5.74) is 0. The molecule has 7 rings (SSSR count). The number of hydrogen-bond acceptors (Lipinski definition) is 0. The summed E-state index contributed by atoms with van der Waals surface area (Å²) in [6.45, 7) is 0. The summed E-state index contributed by atoms with van der Waals surface area (Å²) in [4.78, 5) is 0. The lowest BCUT2D eigenvalue weighted by Crippen LogP contribution is -2.55. The zero-order valence-corrected chi connectivity index (χ0v) is 24.6. The molecule has 0 heterocycles. The summed E-state index contributed by atoms with van der Waals surface area (Å²) in [5.74, 6) is 13.6. The Morgan fingerprint density at radius 3 is 1.30 bits per heavy atom.